The van der Waals surface area contributed by atoms with Gasteiger partial charge in [0, 0.05) is 6.54 Å². The van der Waals surface area contributed by atoms with Crippen molar-refractivity contribution in [2.24, 2.45) is 0 Å². The Labute approximate surface area is 160 Å². The molecule has 1 amide bonds. The molecule has 1 fully saturated rings. The number of carbonyl (C=O) groups excluding carboxylic acids is 1. The molecule has 0 saturated carbocycles. The lowest BCUT2D eigenvalue weighted by Gasteiger charge is -2.28. The highest BCUT2D eigenvalue weighted by Crippen LogP contribution is 2.25. The maximum absolute atomic E-state index is 12.3. The van der Waals surface area contributed by atoms with E-state index in [4.69, 9.17) is 14.2 Å². The van der Waals surface area contributed by atoms with Gasteiger partial charge in [-0.1, -0.05) is 18.2 Å². The van der Waals surface area contributed by atoms with Gasteiger partial charge in [0.05, 0.1) is 6.04 Å². The van der Waals surface area contributed by atoms with Gasteiger partial charge in [-0.15, -0.1) is 0 Å². The van der Waals surface area contributed by atoms with Gasteiger partial charge in [0.1, 0.15) is 29.5 Å². The lowest BCUT2D eigenvalue weighted by Crippen LogP contribution is -2.42. The molecule has 0 bridgehead atoms. The van der Waals surface area contributed by atoms with Gasteiger partial charge in [0.2, 0.25) is 0 Å². The highest BCUT2D eigenvalue weighted by atomic mass is 16.6. The van der Waals surface area contributed by atoms with E-state index in [9.17, 15) is 4.79 Å². The number of hydrogen-bond acceptors (Lipinski definition) is 4. The lowest BCUT2D eigenvalue weighted by molar-refractivity contribution is 0.0187. The number of carbonyl (C=O) groups is 1. The third kappa shape index (κ3) is 5.64. The molecule has 5 heteroatoms. The summed E-state index contributed by atoms with van der Waals surface area (Å²) in [6, 6.07) is 17.2. The molecule has 1 aliphatic rings. The van der Waals surface area contributed by atoms with Crippen LogP contribution in [-0.2, 0) is 4.74 Å². The molecular formula is C22H27NO4. The minimum Gasteiger partial charge on any atom is -0.491 e. The number of hydrogen-bond donors (Lipinski definition) is 0. The zero-order valence-corrected chi connectivity index (χ0v) is 16.2. The number of nitrogens with zero attached hydrogens (tertiary/aromatic N) is 1. The molecule has 1 atom stereocenters. The second kappa shape index (κ2) is 8.33. The van der Waals surface area contributed by atoms with Crippen molar-refractivity contribution in [1.29, 1.82) is 0 Å². The average molecular weight is 369 g/mol. The zero-order valence-electron chi connectivity index (χ0n) is 16.2. The SMILES string of the molecule is CC(C)(C)OC(=O)N1CCC[C@@H]1COc1ccc(Oc2ccccc2)cc1. The van der Waals surface area contributed by atoms with E-state index in [1.54, 1.807) is 4.90 Å². The maximum atomic E-state index is 12.3. The van der Waals surface area contributed by atoms with Gasteiger partial charge in [-0.05, 0) is 70.0 Å². The van der Waals surface area contributed by atoms with E-state index in [2.05, 4.69) is 0 Å². The summed E-state index contributed by atoms with van der Waals surface area (Å²) in [5.41, 5.74) is -0.486. The molecule has 0 aromatic heterocycles. The zero-order chi connectivity index (χ0) is 19.3. The van der Waals surface area contributed by atoms with Crippen molar-refractivity contribution in [1.82, 2.24) is 4.90 Å². The topological polar surface area (TPSA) is 48.0 Å². The Morgan fingerprint density at radius 3 is 2.30 bits per heavy atom. The molecule has 0 spiro atoms. The Kier molecular flexibility index (Phi) is 5.89. The van der Waals surface area contributed by atoms with Crippen LogP contribution in [0.5, 0.6) is 17.2 Å². The fourth-order valence-corrected chi connectivity index (χ4v) is 2.99. The number of para-hydroxylation sites is 1. The smallest absolute Gasteiger partial charge is 0.410 e. The molecule has 27 heavy (non-hydrogen) atoms. The Morgan fingerprint density at radius 2 is 1.63 bits per heavy atom. The Balaban J connectivity index is 1.52. The van der Waals surface area contributed by atoms with E-state index in [1.807, 2.05) is 75.4 Å². The van der Waals surface area contributed by atoms with E-state index >= 15 is 0 Å². The molecule has 3 rings (SSSR count). The molecule has 0 radical (unpaired) electrons. The van der Waals surface area contributed by atoms with E-state index in [-0.39, 0.29) is 12.1 Å². The van der Waals surface area contributed by atoms with Crippen molar-refractivity contribution in [2.75, 3.05) is 13.2 Å². The molecular weight excluding hydrogens is 342 g/mol. The first-order chi connectivity index (χ1) is 12.9. The van der Waals surface area contributed by atoms with E-state index in [1.165, 1.54) is 0 Å². The second-order valence-corrected chi connectivity index (χ2v) is 7.67. The third-order valence-electron chi connectivity index (χ3n) is 4.25. The minimum absolute atomic E-state index is 0.0418. The summed E-state index contributed by atoms with van der Waals surface area (Å²) in [6.07, 6.45) is 1.63. The molecule has 2 aromatic rings. The summed E-state index contributed by atoms with van der Waals surface area (Å²) < 4.78 is 17.2. The molecule has 0 N–H and O–H groups in total. The number of benzene rings is 2. The normalized spacial score (nSPS) is 16.9. The van der Waals surface area contributed by atoms with Crippen LogP contribution in [0.25, 0.3) is 0 Å². The molecule has 144 valence electrons. The van der Waals surface area contributed by atoms with Gasteiger partial charge in [-0.2, -0.15) is 0 Å². The standard InChI is InChI=1S/C22H27NO4/c1-22(2,3)27-21(24)23-15-7-8-17(23)16-25-18-11-13-20(14-12-18)26-19-9-5-4-6-10-19/h4-6,9-14,17H,7-8,15-16H2,1-3H3/t17-/m1/s1. The van der Waals surface area contributed by atoms with Gasteiger partial charge < -0.3 is 19.1 Å². The first-order valence-electron chi connectivity index (χ1n) is 9.36. The molecule has 1 aliphatic heterocycles. The number of likely N-dealkylation sites (tertiary alicyclic amines) is 1. The van der Waals surface area contributed by atoms with E-state index in [0.717, 1.165) is 30.1 Å². The van der Waals surface area contributed by atoms with Crippen LogP contribution in [0.1, 0.15) is 33.6 Å². The fraction of sp³-hybridized carbons (Fsp3) is 0.409. The molecule has 1 saturated heterocycles. The first-order valence-corrected chi connectivity index (χ1v) is 9.36. The van der Waals surface area contributed by atoms with Crippen molar-refractivity contribution in [3.8, 4) is 17.2 Å². The first kappa shape index (κ1) is 19.1. The van der Waals surface area contributed by atoms with Gasteiger partial charge in [0.25, 0.3) is 0 Å². The van der Waals surface area contributed by atoms with Crippen molar-refractivity contribution >= 4 is 6.09 Å². The van der Waals surface area contributed by atoms with Crippen molar-refractivity contribution in [3.63, 3.8) is 0 Å². The van der Waals surface area contributed by atoms with Crippen LogP contribution in [0.3, 0.4) is 0 Å². The van der Waals surface area contributed by atoms with E-state index in [0.29, 0.717) is 13.2 Å². The summed E-state index contributed by atoms with van der Waals surface area (Å²) >= 11 is 0. The molecule has 0 aliphatic carbocycles. The number of ether oxygens (including phenoxy) is 3. The monoisotopic (exact) mass is 369 g/mol. The summed E-state index contributed by atoms with van der Waals surface area (Å²) in [7, 11) is 0. The van der Waals surface area contributed by atoms with Crippen LogP contribution in [0.2, 0.25) is 0 Å². The molecule has 2 aromatic carbocycles. The van der Waals surface area contributed by atoms with Crippen LogP contribution in [0.4, 0.5) is 4.79 Å². The highest BCUT2D eigenvalue weighted by Gasteiger charge is 2.32. The summed E-state index contributed by atoms with van der Waals surface area (Å²) in [4.78, 5) is 14.1. The predicted molar refractivity (Wildman–Crippen MR) is 104 cm³/mol. The largest absolute Gasteiger partial charge is 0.491 e. The Hall–Kier alpha value is -2.69. The fourth-order valence-electron chi connectivity index (χ4n) is 2.99. The summed E-state index contributed by atoms with van der Waals surface area (Å²) in [5.74, 6) is 2.31. The Morgan fingerprint density at radius 1 is 1.00 bits per heavy atom. The van der Waals surface area contributed by atoms with Gasteiger partial charge in [-0.3, -0.25) is 0 Å². The van der Waals surface area contributed by atoms with Crippen molar-refractivity contribution < 1.29 is 19.0 Å². The van der Waals surface area contributed by atoms with Crippen LogP contribution < -0.4 is 9.47 Å². The second-order valence-electron chi connectivity index (χ2n) is 7.67. The number of rotatable bonds is 5. The summed E-state index contributed by atoms with van der Waals surface area (Å²) in [5, 5.41) is 0. The van der Waals surface area contributed by atoms with Crippen LogP contribution in [0, 0.1) is 0 Å². The highest BCUT2D eigenvalue weighted by molar-refractivity contribution is 5.69. The number of amides is 1. The van der Waals surface area contributed by atoms with E-state index < -0.39 is 5.60 Å². The van der Waals surface area contributed by atoms with Gasteiger partial charge >= 0.3 is 6.09 Å². The van der Waals surface area contributed by atoms with Crippen LogP contribution in [-0.4, -0.2) is 35.8 Å². The third-order valence-corrected chi connectivity index (χ3v) is 4.25. The quantitative estimate of drug-likeness (QED) is 0.721. The van der Waals surface area contributed by atoms with Crippen LogP contribution >= 0.6 is 0 Å². The molecule has 5 nitrogen and oxygen atoms in total. The average Bonchev–Trinajstić information content (AvgIpc) is 3.09. The lowest BCUT2D eigenvalue weighted by atomic mass is 10.2. The van der Waals surface area contributed by atoms with Crippen molar-refractivity contribution in [3.05, 3.63) is 54.6 Å². The molecule has 1 heterocycles. The maximum Gasteiger partial charge on any atom is 0.410 e. The van der Waals surface area contributed by atoms with Crippen LogP contribution in [0.15, 0.2) is 54.6 Å². The van der Waals surface area contributed by atoms with Gasteiger partial charge in [0.15, 0.2) is 0 Å². The van der Waals surface area contributed by atoms with Crippen molar-refractivity contribution in [2.45, 2.75) is 45.3 Å². The molecule has 0 unspecified atom stereocenters. The minimum atomic E-state index is -0.486. The summed E-state index contributed by atoms with van der Waals surface area (Å²) in [6.45, 7) is 6.81. The van der Waals surface area contributed by atoms with Gasteiger partial charge in [-0.25, -0.2) is 4.79 Å². The predicted octanol–water partition coefficient (Wildman–Crippen LogP) is 5.26. The Bertz CT molecular complexity index is 737.